The second-order valence-electron chi connectivity index (χ2n) is 5.47. The van der Waals surface area contributed by atoms with Crippen LogP contribution in [-0.2, 0) is 11.2 Å². The molecule has 0 aliphatic rings. The van der Waals surface area contributed by atoms with E-state index >= 15 is 0 Å². The molecule has 3 N–H and O–H groups in total. The standard InChI is InChI=1S/C15H21F3N2O2/c1-10(2)9-13(19)14(21)20-8-7-11-3-5-12(6-4-11)22-15(16,17)18/h3-6,10,13H,7-9,19H2,1-2H3,(H,20,21)/t13-/m0/s1. The largest absolute Gasteiger partial charge is 0.573 e. The molecule has 0 heterocycles. The number of amides is 1. The van der Waals surface area contributed by atoms with Crippen LogP contribution in [0.5, 0.6) is 5.75 Å². The van der Waals surface area contributed by atoms with E-state index < -0.39 is 12.4 Å². The van der Waals surface area contributed by atoms with Gasteiger partial charge < -0.3 is 15.8 Å². The highest BCUT2D eigenvalue weighted by Crippen LogP contribution is 2.22. The molecule has 0 radical (unpaired) electrons. The lowest BCUT2D eigenvalue weighted by Gasteiger charge is -2.14. The van der Waals surface area contributed by atoms with E-state index in [1.54, 1.807) is 0 Å². The van der Waals surface area contributed by atoms with E-state index in [2.05, 4.69) is 10.1 Å². The molecule has 4 nitrogen and oxygen atoms in total. The number of hydrogen-bond donors (Lipinski definition) is 2. The molecule has 1 atom stereocenters. The van der Waals surface area contributed by atoms with Crippen LogP contribution in [0.1, 0.15) is 25.8 Å². The van der Waals surface area contributed by atoms with Crippen molar-refractivity contribution in [1.29, 1.82) is 0 Å². The van der Waals surface area contributed by atoms with Gasteiger partial charge in [-0.25, -0.2) is 0 Å². The third kappa shape index (κ3) is 7.31. The summed E-state index contributed by atoms with van der Waals surface area (Å²) >= 11 is 0. The van der Waals surface area contributed by atoms with E-state index in [0.717, 1.165) is 5.56 Å². The van der Waals surface area contributed by atoms with Gasteiger partial charge in [0.2, 0.25) is 5.91 Å². The first kappa shape index (κ1) is 18.3. The van der Waals surface area contributed by atoms with Crippen molar-refractivity contribution in [1.82, 2.24) is 5.32 Å². The van der Waals surface area contributed by atoms with Crippen LogP contribution in [0.4, 0.5) is 13.2 Å². The molecule has 1 aromatic carbocycles. The van der Waals surface area contributed by atoms with Gasteiger partial charge in [-0.05, 0) is 36.5 Å². The predicted molar refractivity (Wildman–Crippen MR) is 77.3 cm³/mol. The molecule has 0 aromatic heterocycles. The van der Waals surface area contributed by atoms with Crippen molar-refractivity contribution in [2.75, 3.05) is 6.54 Å². The molecular formula is C15H21F3N2O2. The highest BCUT2D eigenvalue weighted by molar-refractivity contribution is 5.81. The molecule has 0 fully saturated rings. The van der Waals surface area contributed by atoms with Crippen LogP contribution < -0.4 is 15.8 Å². The quantitative estimate of drug-likeness (QED) is 0.812. The maximum atomic E-state index is 12.0. The Labute approximate surface area is 127 Å². The number of nitrogens with two attached hydrogens (primary N) is 1. The predicted octanol–water partition coefficient (Wildman–Crippen LogP) is 2.62. The summed E-state index contributed by atoms with van der Waals surface area (Å²) in [5, 5.41) is 2.71. The molecule has 0 saturated carbocycles. The molecule has 7 heteroatoms. The molecule has 1 aromatic rings. The van der Waals surface area contributed by atoms with Gasteiger partial charge >= 0.3 is 6.36 Å². The summed E-state index contributed by atoms with van der Waals surface area (Å²) < 4.78 is 39.8. The molecule has 0 spiro atoms. The van der Waals surface area contributed by atoms with Gasteiger partial charge in [-0.1, -0.05) is 26.0 Å². The molecule has 1 rings (SSSR count). The average Bonchev–Trinajstić information content (AvgIpc) is 2.38. The first-order valence-electron chi connectivity index (χ1n) is 7.05. The lowest BCUT2D eigenvalue weighted by atomic mass is 10.0. The number of benzene rings is 1. The summed E-state index contributed by atoms with van der Waals surface area (Å²) in [6, 6.07) is 5.01. The number of ether oxygens (including phenoxy) is 1. The van der Waals surface area contributed by atoms with Crippen molar-refractivity contribution < 1.29 is 22.7 Å². The van der Waals surface area contributed by atoms with Gasteiger partial charge in [-0.15, -0.1) is 13.2 Å². The van der Waals surface area contributed by atoms with E-state index in [1.807, 2.05) is 13.8 Å². The molecule has 1 amide bonds. The zero-order valence-electron chi connectivity index (χ0n) is 12.6. The van der Waals surface area contributed by atoms with Gasteiger partial charge in [0, 0.05) is 6.54 Å². The second kappa shape index (κ2) is 8.03. The van der Waals surface area contributed by atoms with Crippen LogP contribution in [0.25, 0.3) is 0 Å². The number of hydrogen-bond acceptors (Lipinski definition) is 3. The monoisotopic (exact) mass is 318 g/mol. The zero-order valence-corrected chi connectivity index (χ0v) is 12.6. The average molecular weight is 318 g/mol. The Morgan fingerprint density at radius 1 is 1.27 bits per heavy atom. The van der Waals surface area contributed by atoms with E-state index in [0.29, 0.717) is 25.3 Å². The van der Waals surface area contributed by atoms with Crippen molar-refractivity contribution in [3.05, 3.63) is 29.8 Å². The Morgan fingerprint density at radius 3 is 2.36 bits per heavy atom. The molecule has 0 aliphatic carbocycles. The van der Waals surface area contributed by atoms with Gasteiger partial charge in [0.25, 0.3) is 0 Å². The van der Waals surface area contributed by atoms with Crippen LogP contribution in [-0.4, -0.2) is 24.9 Å². The van der Waals surface area contributed by atoms with Gasteiger partial charge in [0.15, 0.2) is 0 Å². The minimum atomic E-state index is -4.69. The Kier molecular flexibility index (Phi) is 6.67. The fourth-order valence-electron chi connectivity index (χ4n) is 1.93. The lowest BCUT2D eigenvalue weighted by molar-refractivity contribution is -0.274. The Morgan fingerprint density at radius 2 is 1.86 bits per heavy atom. The molecule has 0 aliphatic heterocycles. The SMILES string of the molecule is CC(C)C[C@H](N)C(=O)NCCc1ccc(OC(F)(F)F)cc1. The van der Waals surface area contributed by atoms with E-state index in [-0.39, 0.29) is 11.7 Å². The Hall–Kier alpha value is -1.76. The van der Waals surface area contributed by atoms with Crippen LogP contribution in [0.15, 0.2) is 24.3 Å². The van der Waals surface area contributed by atoms with Crippen molar-refractivity contribution in [3.63, 3.8) is 0 Å². The Bertz CT molecular complexity index is 473. The maximum Gasteiger partial charge on any atom is 0.573 e. The first-order chi connectivity index (χ1) is 10.2. The number of halogens is 3. The van der Waals surface area contributed by atoms with Crippen molar-refractivity contribution in [2.45, 2.75) is 39.1 Å². The summed E-state index contributed by atoms with van der Waals surface area (Å²) in [6.07, 6.45) is -3.58. The summed E-state index contributed by atoms with van der Waals surface area (Å²) in [4.78, 5) is 11.7. The van der Waals surface area contributed by atoms with Crippen molar-refractivity contribution in [2.24, 2.45) is 11.7 Å². The molecule has 22 heavy (non-hydrogen) atoms. The van der Waals surface area contributed by atoms with E-state index in [4.69, 9.17) is 5.73 Å². The lowest BCUT2D eigenvalue weighted by Crippen LogP contribution is -2.42. The highest BCUT2D eigenvalue weighted by Gasteiger charge is 2.30. The number of rotatable bonds is 7. The fourth-order valence-corrected chi connectivity index (χ4v) is 1.93. The van der Waals surface area contributed by atoms with Crippen molar-refractivity contribution >= 4 is 5.91 Å². The smallest absolute Gasteiger partial charge is 0.406 e. The minimum Gasteiger partial charge on any atom is -0.406 e. The van der Waals surface area contributed by atoms with E-state index in [9.17, 15) is 18.0 Å². The van der Waals surface area contributed by atoms with Crippen molar-refractivity contribution in [3.8, 4) is 5.75 Å². The number of alkyl halides is 3. The van der Waals surface area contributed by atoms with Gasteiger partial charge in [-0.2, -0.15) is 0 Å². The molecule has 0 saturated heterocycles. The van der Waals surface area contributed by atoms with Crippen LogP contribution in [0.3, 0.4) is 0 Å². The molecule has 124 valence electrons. The second-order valence-corrected chi connectivity index (χ2v) is 5.47. The molecular weight excluding hydrogens is 297 g/mol. The highest BCUT2D eigenvalue weighted by atomic mass is 19.4. The van der Waals surface area contributed by atoms with Crippen LogP contribution in [0, 0.1) is 5.92 Å². The van der Waals surface area contributed by atoms with Crippen LogP contribution >= 0.6 is 0 Å². The normalized spacial score (nSPS) is 13.0. The van der Waals surface area contributed by atoms with Crippen LogP contribution in [0.2, 0.25) is 0 Å². The number of nitrogens with one attached hydrogen (secondary N) is 1. The molecule has 0 unspecified atom stereocenters. The first-order valence-corrected chi connectivity index (χ1v) is 7.05. The Balaban J connectivity index is 2.38. The molecule has 0 bridgehead atoms. The van der Waals surface area contributed by atoms with E-state index in [1.165, 1.54) is 24.3 Å². The summed E-state index contributed by atoms with van der Waals surface area (Å²) in [5.41, 5.74) is 6.54. The number of carbonyl (C=O) groups excluding carboxylic acids is 1. The summed E-state index contributed by atoms with van der Waals surface area (Å²) in [7, 11) is 0. The summed E-state index contributed by atoms with van der Waals surface area (Å²) in [5.74, 6) is -0.146. The maximum absolute atomic E-state index is 12.0. The topological polar surface area (TPSA) is 64.4 Å². The zero-order chi connectivity index (χ0) is 16.8. The van der Waals surface area contributed by atoms with Gasteiger partial charge in [-0.3, -0.25) is 4.79 Å². The third-order valence-corrected chi connectivity index (χ3v) is 2.93. The minimum absolute atomic E-state index is 0.217. The van der Waals surface area contributed by atoms with Gasteiger partial charge in [0.1, 0.15) is 5.75 Å². The number of carbonyl (C=O) groups is 1. The van der Waals surface area contributed by atoms with Gasteiger partial charge in [0.05, 0.1) is 6.04 Å². The fraction of sp³-hybridized carbons (Fsp3) is 0.533. The third-order valence-electron chi connectivity index (χ3n) is 2.93. The summed E-state index contributed by atoms with van der Waals surface area (Å²) in [6.45, 7) is 4.35.